The maximum atomic E-state index is 10.8. The van der Waals surface area contributed by atoms with Crippen LogP contribution < -0.4 is 0 Å². The van der Waals surface area contributed by atoms with Crippen LogP contribution in [0.2, 0.25) is 0 Å². The molecule has 1 atom stereocenters. The number of fused-ring (bicyclic) bond motifs is 1. The lowest BCUT2D eigenvalue weighted by Crippen LogP contribution is -2.19. The van der Waals surface area contributed by atoms with Crippen molar-refractivity contribution >= 4 is 5.97 Å². The standard InChI is InChI=1S/C10H8O2/c11-10-7-6-8-4-2-1-3-5-9(8)12-10/h1-7,9H. The van der Waals surface area contributed by atoms with Crippen LogP contribution in [0.3, 0.4) is 0 Å². The lowest BCUT2D eigenvalue weighted by molar-refractivity contribution is -0.140. The van der Waals surface area contributed by atoms with Gasteiger partial charge in [-0.2, -0.15) is 0 Å². The van der Waals surface area contributed by atoms with Crippen LogP contribution in [0.4, 0.5) is 0 Å². The molecule has 0 aromatic heterocycles. The third-order valence-electron chi connectivity index (χ3n) is 1.78. The van der Waals surface area contributed by atoms with Gasteiger partial charge in [-0.25, -0.2) is 4.79 Å². The van der Waals surface area contributed by atoms with E-state index in [0.717, 1.165) is 5.57 Å². The maximum Gasteiger partial charge on any atom is 0.331 e. The van der Waals surface area contributed by atoms with Crippen molar-refractivity contribution in [3.8, 4) is 0 Å². The number of ether oxygens (including phenoxy) is 1. The van der Waals surface area contributed by atoms with E-state index in [1.165, 1.54) is 6.08 Å². The minimum absolute atomic E-state index is 0.197. The predicted octanol–water partition coefficient (Wildman–Crippen LogP) is 1.52. The van der Waals surface area contributed by atoms with E-state index in [1.807, 2.05) is 30.4 Å². The van der Waals surface area contributed by atoms with Crippen LogP contribution in [0.15, 0.2) is 48.1 Å². The van der Waals surface area contributed by atoms with Crippen molar-refractivity contribution in [2.75, 3.05) is 0 Å². The van der Waals surface area contributed by atoms with Crippen molar-refractivity contribution in [1.29, 1.82) is 0 Å². The highest BCUT2D eigenvalue weighted by molar-refractivity contribution is 5.84. The smallest absolute Gasteiger partial charge is 0.331 e. The van der Waals surface area contributed by atoms with E-state index in [2.05, 4.69) is 0 Å². The van der Waals surface area contributed by atoms with Gasteiger partial charge in [-0.3, -0.25) is 0 Å². The van der Waals surface area contributed by atoms with Gasteiger partial charge in [0.05, 0.1) is 0 Å². The van der Waals surface area contributed by atoms with Crippen molar-refractivity contribution in [2.24, 2.45) is 0 Å². The summed E-state index contributed by atoms with van der Waals surface area (Å²) in [6, 6.07) is 0. The first-order valence-electron chi connectivity index (χ1n) is 3.80. The molecule has 0 fully saturated rings. The summed E-state index contributed by atoms with van der Waals surface area (Å²) < 4.78 is 5.05. The molecule has 0 amide bonds. The average molecular weight is 160 g/mol. The molecule has 60 valence electrons. The van der Waals surface area contributed by atoms with Gasteiger partial charge in [0.2, 0.25) is 0 Å². The minimum Gasteiger partial charge on any atom is -0.450 e. The molecule has 0 spiro atoms. The van der Waals surface area contributed by atoms with E-state index in [0.29, 0.717) is 0 Å². The highest BCUT2D eigenvalue weighted by atomic mass is 16.5. The summed E-state index contributed by atoms with van der Waals surface area (Å²) in [5, 5.41) is 0. The van der Waals surface area contributed by atoms with Crippen molar-refractivity contribution in [3.63, 3.8) is 0 Å². The summed E-state index contributed by atoms with van der Waals surface area (Å²) in [4.78, 5) is 10.8. The van der Waals surface area contributed by atoms with E-state index in [9.17, 15) is 4.79 Å². The zero-order chi connectivity index (χ0) is 8.39. The van der Waals surface area contributed by atoms with Crippen LogP contribution in [0.25, 0.3) is 0 Å². The summed E-state index contributed by atoms with van der Waals surface area (Å²) in [6.07, 6.45) is 12.5. The van der Waals surface area contributed by atoms with Gasteiger partial charge in [-0.1, -0.05) is 24.3 Å². The molecule has 0 aromatic carbocycles. The number of carbonyl (C=O) groups excluding carboxylic acids is 1. The number of esters is 1. The highest BCUT2D eigenvalue weighted by Crippen LogP contribution is 2.17. The Morgan fingerprint density at radius 2 is 2.08 bits per heavy atom. The Hall–Kier alpha value is -1.57. The summed E-state index contributed by atoms with van der Waals surface area (Å²) in [5.41, 5.74) is 1.01. The minimum atomic E-state index is -0.274. The first kappa shape index (κ1) is 7.10. The Balaban J connectivity index is 2.36. The normalized spacial score (nSPS) is 25.8. The fourth-order valence-electron chi connectivity index (χ4n) is 1.19. The number of hydrogen-bond acceptors (Lipinski definition) is 2. The molecule has 0 N–H and O–H groups in total. The van der Waals surface area contributed by atoms with E-state index < -0.39 is 0 Å². The van der Waals surface area contributed by atoms with Gasteiger partial charge in [0.1, 0.15) is 6.10 Å². The predicted molar refractivity (Wildman–Crippen MR) is 45.4 cm³/mol. The molecular formula is C10H8O2. The summed E-state index contributed by atoms with van der Waals surface area (Å²) in [6.45, 7) is 0. The topological polar surface area (TPSA) is 26.3 Å². The summed E-state index contributed by atoms with van der Waals surface area (Å²) >= 11 is 0. The molecule has 0 saturated carbocycles. The Bertz CT molecular complexity index is 319. The van der Waals surface area contributed by atoms with E-state index in [1.54, 1.807) is 6.08 Å². The largest absolute Gasteiger partial charge is 0.450 e. The molecule has 2 aliphatic rings. The lowest BCUT2D eigenvalue weighted by Gasteiger charge is -2.17. The molecular weight excluding hydrogens is 152 g/mol. The first-order valence-corrected chi connectivity index (χ1v) is 3.80. The second kappa shape index (κ2) is 2.81. The van der Waals surface area contributed by atoms with Gasteiger partial charge in [0.15, 0.2) is 0 Å². The van der Waals surface area contributed by atoms with E-state index in [4.69, 9.17) is 4.74 Å². The summed E-state index contributed by atoms with van der Waals surface area (Å²) in [5.74, 6) is -0.274. The zero-order valence-corrected chi connectivity index (χ0v) is 6.44. The quantitative estimate of drug-likeness (QED) is 0.502. The Morgan fingerprint density at radius 1 is 1.17 bits per heavy atom. The van der Waals surface area contributed by atoms with Crippen LogP contribution in [0, 0.1) is 0 Å². The first-order chi connectivity index (χ1) is 5.86. The number of rotatable bonds is 0. The Labute approximate surface area is 70.5 Å². The van der Waals surface area contributed by atoms with Crippen molar-refractivity contribution < 1.29 is 9.53 Å². The molecule has 0 bridgehead atoms. The van der Waals surface area contributed by atoms with Gasteiger partial charge < -0.3 is 4.74 Å². The Morgan fingerprint density at radius 3 is 3.00 bits per heavy atom. The maximum absolute atomic E-state index is 10.8. The van der Waals surface area contributed by atoms with Crippen LogP contribution in [-0.2, 0) is 9.53 Å². The third kappa shape index (κ3) is 1.23. The van der Waals surface area contributed by atoms with Gasteiger partial charge in [-0.05, 0) is 17.7 Å². The van der Waals surface area contributed by atoms with Crippen LogP contribution >= 0.6 is 0 Å². The molecule has 2 rings (SSSR count). The molecule has 0 aromatic rings. The molecule has 1 unspecified atom stereocenters. The second-order valence-corrected chi connectivity index (χ2v) is 2.63. The van der Waals surface area contributed by atoms with Gasteiger partial charge >= 0.3 is 5.97 Å². The second-order valence-electron chi connectivity index (χ2n) is 2.63. The average Bonchev–Trinajstić information content (AvgIpc) is 2.28. The fourth-order valence-corrected chi connectivity index (χ4v) is 1.19. The van der Waals surface area contributed by atoms with E-state index >= 15 is 0 Å². The third-order valence-corrected chi connectivity index (χ3v) is 1.78. The molecule has 2 nitrogen and oxygen atoms in total. The number of carbonyl (C=O) groups is 1. The lowest BCUT2D eigenvalue weighted by atomic mass is 10.1. The van der Waals surface area contributed by atoms with Gasteiger partial charge in [-0.15, -0.1) is 0 Å². The highest BCUT2D eigenvalue weighted by Gasteiger charge is 2.17. The van der Waals surface area contributed by atoms with Crippen molar-refractivity contribution in [2.45, 2.75) is 6.10 Å². The van der Waals surface area contributed by atoms with Crippen molar-refractivity contribution in [3.05, 3.63) is 48.1 Å². The molecule has 2 heteroatoms. The monoisotopic (exact) mass is 160 g/mol. The van der Waals surface area contributed by atoms with Crippen LogP contribution in [0.5, 0.6) is 0 Å². The van der Waals surface area contributed by atoms with Gasteiger partial charge in [0.25, 0.3) is 0 Å². The van der Waals surface area contributed by atoms with E-state index in [-0.39, 0.29) is 12.1 Å². The molecule has 1 heterocycles. The zero-order valence-electron chi connectivity index (χ0n) is 6.44. The summed E-state index contributed by atoms with van der Waals surface area (Å²) in [7, 11) is 0. The SMILES string of the molecule is O=C1C=CC2=CC=CC=CC2O1. The van der Waals surface area contributed by atoms with Crippen molar-refractivity contribution in [1.82, 2.24) is 0 Å². The molecule has 1 aliphatic carbocycles. The van der Waals surface area contributed by atoms with Crippen LogP contribution in [0.1, 0.15) is 0 Å². The fraction of sp³-hybridized carbons (Fsp3) is 0.100. The van der Waals surface area contributed by atoms with Crippen LogP contribution in [-0.4, -0.2) is 12.1 Å². The molecule has 0 saturated heterocycles. The number of allylic oxidation sites excluding steroid dienone is 4. The molecule has 0 radical (unpaired) electrons. The van der Waals surface area contributed by atoms with Gasteiger partial charge in [0, 0.05) is 6.08 Å². The molecule has 12 heavy (non-hydrogen) atoms. The number of hydrogen-bond donors (Lipinski definition) is 0. The molecule has 1 aliphatic heterocycles. The Kier molecular flexibility index (Phi) is 1.67.